The van der Waals surface area contributed by atoms with Crippen molar-refractivity contribution in [2.24, 2.45) is 0 Å². The molecular weight excluding hydrogens is 302 g/mol. The number of halogens is 1. The van der Waals surface area contributed by atoms with Crippen LogP contribution in [-0.2, 0) is 11.3 Å². The molecule has 1 amide bonds. The van der Waals surface area contributed by atoms with Crippen LogP contribution in [0.3, 0.4) is 0 Å². The Bertz CT molecular complexity index is 632. The first-order chi connectivity index (χ1) is 10.4. The van der Waals surface area contributed by atoms with E-state index in [-0.39, 0.29) is 5.91 Å². The molecule has 118 valence electrons. The fourth-order valence-corrected chi connectivity index (χ4v) is 2.58. The Kier molecular flexibility index (Phi) is 5.21. The number of rotatable bonds is 5. The fourth-order valence-electron chi connectivity index (χ4n) is 2.46. The van der Waals surface area contributed by atoms with Crippen molar-refractivity contribution >= 4 is 17.5 Å². The number of aromatic nitrogens is 1. The molecule has 2 rings (SSSR count). The summed E-state index contributed by atoms with van der Waals surface area (Å²) in [6.45, 7) is 4.35. The summed E-state index contributed by atoms with van der Waals surface area (Å²) < 4.78 is 5.19. The first-order valence-electron chi connectivity index (χ1n) is 7.03. The molecule has 22 heavy (non-hydrogen) atoms. The minimum Gasteiger partial charge on any atom is -0.361 e. The van der Waals surface area contributed by atoms with Crippen molar-refractivity contribution in [2.45, 2.75) is 26.4 Å². The van der Waals surface area contributed by atoms with Gasteiger partial charge >= 0.3 is 0 Å². The van der Waals surface area contributed by atoms with E-state index in [1.165, 1.54) is 0 Å². The lowest BCUT2D eigenvalue weighted by atomic mass is 10.0. The van der Waals surface area contributed by atoms with Crippen molar-refractivity contribution in [1.29, 1.82) is 0 Å². The zero-order valence-electron chi connectivity index (χ0n) is 13.2. The highest BCUT2D eigenvalue weighted by molar-refractivity contribution is 6.30. The average Bonchev–Trinajstić information content (AvgIpc) is 2.81. The number of carbonyl (C=O) groups excluding carboxylic acids is 1. The van der Waals surface area contributed by atoms with Crippen molar-refractivity contribution in [3.63, 3.8) is 0 Å². The van der Waals surface area contributed by atoms with Crippen LogP contribution in [0.2, 0.25) is 5.02 Å². The zero-order valence-corrected chi connectivity index (χ0v) is 13.9. The standard InChI is InChI=1S/C16H20ClN3O2/c1-10-14(11(2)22-19-10)9-20(4)15(16(21)18-3)12-5-7-13(17)8-6-12/h5-8,15H,9H2,1-4H3,(H,18,21). The molecule has 1 heterocycles. The van der Waals surface area contributed by atoms with Crippen molar-refractivity contribution in [2.75, 3.05) is 14.1 Å². The maximum atomic E-state index is 12.3. The third kappa shape index (κ3) is 3.48. The molecule has 1 aromatic heterocycles. The van der Waals surface area contributed by atoms with E-state index in [0.29, 0.717) is 11.6 Å². The van der Waals surface area contributed by atoms with Gasteiger partial charge in [-0.2, -0.15) is 0 Å². The van der Waals surface area contributed by atoms with E-state index in [4.69, 9.17) is 16.1 Å². The Labute approximate surface area is 135 Å². The number of nitrogens with zero attached hydrogens (tertiary/aromatic N) is 2. The summed E-state index contributed by atoms with van der Waals surface area (Å²) in [6.07, 6.45) is 0. The van der Waals surface area contributed by atoms with Gasteiger partial charge < -0.3 is 9.84 Å². The van der Waals surface area contributed by atoms with Crippen LogP contribution < -0.4 is 5.32 Å². The third-order valence-corrected chi connectivity index (χ3v) is 3.96. The summed E-state index contributed by atoms with van der Waals surface area (Å²) in [4.78, 5) is 14.3. The summed E-state index contributed by atoms with van der Waals surface area (Å²) in [5.41, 5.74) is 2.74. The van der Waals surface area contributed by atoms with Crippen LogP contribution in [0.25, 0.3) is 0 Å². The predicted octanol–water partition coefficient (Wildman–Crippen LogP) is 2.86. The second-order valence-electron chi connectivity index (χ2n) is 5.29. The van der Waals surface area contributed by atoms with Gasteiger partial charge in [-0.3, -0.25) is 9.69 Å². The summed E-state index contributed by atoms with van der Waals surface area (Å²) in [5.74, 6) is 0.702. The van der Waals surface area contributed by atoms with Gasteiger partial charge in [0.1, 0.15) is 11.8 Å². The normalized spacial score (nSPS) is 12.5. The number of aryl methyl sites for hydroxylation is 2. The van der Waals surface area contributed by atoms with E-state index in [1.54, 1.807) is 19.2 Å². The lowest BCUT2D eigenvalue weighted by Gasteiger charge is -2.27. The quantitative estimate of drug-likeness (QED) is 0.920. The largest absolute Gasteiger partial charge is 0.361 e. The number of likely N-dealkylation sites (N-methyl/N-ethyl adjacent to an activating group) is 2. The molecule has 1 aromatic carbocycles. The lowest BCUT2D eigenvalue weighted by Crippen LogP contribution is -2.37. The lowest BCUT2D eigenvalue weighted by molar-refractivity contribution is -0.125. The van der Waals surface area contributed by atoms with Gasteiger partial charge in [0.2, 0.25) is 5.91 Å². The minimum atomic E-state index is -0.407. The summed E-state index contributed by atoms with van der Waals surface area (Å²) >= 11 is 5.93. The molecule has 0 aliphatic rings. The van der Waals surface area contributed by atoms with Gasteiger partial charge in [0, 0.05) is 24.2 Å². The Morgan fingerprint density at radius 1 is 1.36 bits per heavy atom. The van der Waals surface area contributed by atoms with Crippen molar-refractivity contribution < 1.29 is 9.32 Å². The van der Waals surface area contributed by atoms with Gasteiger partial charge in [0.25, 0.3) is 0 Å². The maximum Gasteiger partial charge on any atom is 0.241 e. The number of hydrogen-bond donors (Lipinski definition) is 1. The number of nitrogens with one attached hydrogen (secondary N) is 1. The van der Waals surface area contributed by atoms with E-state index in [0.717, 1.165) is 22.6 Å². The Hall–Kier alpha value is -1.85. The molecule has 0 bridgehead atoms. The van der Waals surface area contributed by atoms with Gasteiger partial charge in [-0.1, -0.05) is 28.9 Å². The van der Waals surface area contributed by atoms with Gasteiger partial charge in [0.05, 0.1) is 5.69 Å². The van der Waals surface area contributed by atoms with Gasteiger partial charge in [-0.15, -0.1) is 0 Å². The molecule has 0 radical (unpaired) electrons. The average molecular weight is 322 g/mol. The number of carbonyl (C=O) groups is 1. The Morgan fingerprint density at radius 2 is 2.00 bits per heavy atom. The van der Waals surface area contributed by atoms with E-state index in [1.807, 2.05) is 37.9 Å². The fraction of sp³-hybridized carbons (Fsp3) is 0.375. The van der Waals surface area contributed by atoms with Gasteiger partial charge in [-0.05, 0) is 38.6 Å². The van der Waals surface area contributed by atoms with Crippen LogP contribution in [0.5, 0.6) is 0 Å². The molecule has 0 fully saturated rings. The van der Waals surface area contributed by atoms with Crippen LogP contribution in [0.15, 0.2) is 28.8 Å². The zero-order chi connectivity index (χ0) is 16.3. The summed E-state index contributed by atoms with van der Waals surface area (Å²) in [6, 6.07) is 6.90. The number of amides is 1. The predicted molar refractivity (Wildman–Crippen MR) is 85.7 cm³/mol. The molecular formula is C16H20ClN3O2. The molecule has 5 nitrogen and oxygen atoms in total. The van der Waals surface area contributed by atoms with Gasteiger partial charge in [0.15, 0.2) is 0 Å². The Morgan fingerprint density at radius 3 is 2.50 bits per heavy atom. The molecule has 1 unspecified atom stereocenters. The van der Waals surface area contributed by atoms with E-state index >= 15 is 0 Å². The minimum absolute atomic E-state index is 0.0726. The van der Waals surface area contributed by atoms with Crippen LogP contribution in [0.4, 0.5) is 0 Å². The molecule has 1 atom stereocenters. The van der Waals surface area contributed by atoms with Crippen molar-refractivity contribution in [3.8, 4) is 0 Å². The topological polar surface area (TPSA) is 58.4 Å². The molecule has 6 heteroatoms. The smallest absolute Gasteiger partial charge is 0.241 e. The van der Waals surface area contributed by atoms with Crippen LogP contribution in [0, 0.1) is 13.8 Å². The van der Waals surface area contributed by atoms with Gasteiger partial charge in [-0.25, -0.2) is 0 Å². The van der Waals surface area contributed by atoms with Crippen LogP contribution in [-0.4, -0.2) is 30.1 Å². The molecule has 0 spiro atoms. The molecule has 0 saturated heterocycles. The summed E-state index contributed by atoms with van der Waals surface area (Å²) in [5, 5.41) is 7.32. The van der Waals surface area contributed by atoms with Crippen LogP contribution in [0.1, 0.15) is 28.6 Å². The first kappa shape index (κ1) is 16.5. The highest BCUT2D eigenvalue weighted by Crippen LogP contribution is 2.25. The van der Waals surface area contributed by atoms with E-state index in [9.17, 15) is 4.79 Å². The van der Waals surface area contributed by atoms with Crippen molar-refractivity contribution in [3.05, 3.63) is 51.9 Å². The Balaban J connectivity index is 2.29. The van der Waals surface area contributed by atoms with Crippen molar-refractivity contribution in [1.82, 2.24) is 15.4 Å². The highest BCUT2D eigenvalue weighted by Gasteiger charge is 2.26. The first-order valence-corrected chi connectivity index (χ1v) is 7.41. The third-order valence-electron chi connectivity index (χ3n) is 3.71. The van der Waals surface area contributed by atoms with E-state index < -0.39 is 6.04 Å². The molecule has 0 aliphatic heterocycles. The molecule has 0 aliphatic carbocycles. The second-order valence-corrected chi connectivity index (χ2v) is 5.72. The highest BCUT2D eigenvalue weighted by atomic mass is 35.5. The monoisotopic (exact) mass is 321 g/mol. The van der Waals surface area contributed by atoms with E-state index in [2.05, 4.69) is 10.5 Å². The number of benzene rings is 1. The molecule has 0 saturated carbocycles. The van der Waals surface area contributed by atoms with Crippen LogP contribution >= 0.6 is 11.6 Å². The number of hydrogen-bond acceptors (Lipinski definition) is 4. The molecule has 2 aromatic rings. The summed E-state index contributed by atoms with van der Waals surface area (Å²) in [7, 11) is 3.54. The maximum absolute atomic E-state index is 12.3. The SMILES string of the molecule is CNC(=O)C(c1ccc(Cl)cc1)N(C)Cc1c(C)noc1C. The second kappa shape index (κ2) is 6.94. The molecule has 1 N–H and O–H groups in total.